The van der Waals surface area contributed by atoms with Gasteiger partial charge in [0.25, 0.3) is 0 Å². The zero-order valence-corrected chi connectivity index (χ0v) is 8.97. The van der Waals surface area contributed by atoms with Crippen molar-refractivity contribution < 1.29 is 27.9 Å². The molecule has 0 aromatic carbocycles. The van der Waals surface area contributed by atoms with Gasteiger partial charge in [-0.3, -0.25) is 9.59 Å². The number of hydrogen-bond acceptors (Lipinski definition) is 2. The van der Waals surface area contributed by atoms with Crippen molar-refractivity contribution >= 4 is 11.9 Å². The van der Waals surface area contributed by atoms with Gasteiger partial charge in [0.2, 0.25) is 5.91 Å². The van der Waals surface area contributed by atoms with Crippen molar-refractivity contribution in [2.24, 2.45) is 5.92 Å². The lowest BCUT2D eigenvalue weighted by Crippen LogP contribution is -2.40. The van der Waals surface area contributed by atoms with E-state index < -0.39 is 42.9 Å². The van der Waals surface area contributed by atoms with Crippen molar-refractivity contribution in [1.82, 2.24) is 5.32 Å². The minimum Gasteiger partial charge on any atom is -0.481 e. The Morgan fingerprint density at radius 2 is 1.81 bits per heavy atom. The van der Waals surface area contributed by atoms with Crippen LogP contribution in [0.2, 0.25) is 0 Å². The Labute approximate surface area is 90.8 Å². The second kappa shape index (κ2) is 5.72. The summed E-state index contributed by atoms with van der Waals surface area (Å²) in [5.41, 5.74) is 0. The molecule has 0 aromatic rings. The zero-order valence-electron chi connectivity index (χ0n) is 8.97. The largest absolute Gasteiger partial charge is 0.481 e. The molecule has 0 spiro atoms. The highest BCUT2D eigenvalue weighted by molar-refractivity contribution is 5.77. The van der Waals surface area contributed by atoms with E-state index in [1.165, 1.54) is 13.8 Å². The number of carboxylic acid groups (broad SMARTS) is 1. The van der Waals surface area contributed by atoms with Gasteiger partial charge in [0, 0.05) is 12.5 Å². The molecule has 0 aliphatic heterocycles. The van der Waals surface area contributed by atoms with E-state index in [2.05, 4.69) is 5.32 Å². The molecular weight excluding hydrogens is 227 g/mol. The summed E-state index contributed by atoms with van der Waals surface area (Å²) in [6.45, 7) is 2.81. The van der Waals surface area contributed by atoms with Crippen LogP contribution in [0.4, 0.5) is 13.2 Å². The molecule has 2 unspecified atom stereocenters. The maximum absolute atomic E-state index is 11.8. The topological polar surface area (TPSA) is 66.4 Å². The fraction of sp³-hybridized carbons (Fsp3) is 0.778. The minimum absolute atomic E-state index is 0.680. The number of amides is 1. The summed E-state index contributed by atoms with van der Waals surface area (Å²) in [5, 5.41) is 10.8. The molecule has 2 N–H and O–H groups in total. The maximum Gasteiger partial charge on any atom is 0.389 e. The number of rotatable bonds is 5. The van der Waals surface area contributed by atoms with E-state index in [9.17, 15) is 22.8 Å². The number of carboxylic acids is 1. The van der Waals surface area contributed by atoms with Crippen molar-refractivity contribution in [2.75, 3.05) is 0 Å². The van der Waals surface area contributed by atoms with E-state index >= 15 is 0 Å². The van der Waals surface area contributed by atoms with Gasteiger partial charge in [0.15, 0.2) is 0 Å². The van der Waals surface area contributed by atoms with Gasteiger partial charge in [0.1, 0.15) is 0 Å². The molecular formula is C9H14F3NO3. The third-order valence-corrected chi connectivity index (χ3v) is 2.16. The first-order chi connectivity index (χ1) is 7.13. The first-order valence-electron chi connectivity index (χ1n) is 4.72. The maximum atomic E-state index is 11.8. The van der Waals surface area contributed by atoms with Crippen LogP contribution in [0.3, 0.4) is 0 Å². The lowest BCUT2D eigenvalue weighted by Gasteiger charge is -2.17. The smallest absolute Gasteiger partial charge is 0.389 e. The van der Waals surface area contributed by atoms with Crippen molar-refractivity contribution in [1.29, 1.82) is 0 Å². The molecule has 0 bridgehead atoms. The Morgan fingerprint density at radius 1 is 1.31 bits per heavy atom. The molecule has 0 rings (SSSR count). The van der Waals surface area contributed by atoms with Gasteiger partial charge in [-0.2, -0.15) is 13.2 Å². The van der Waals surface area contributed by atoms with E-state index in [0.29, 0.717) is 0 Å². The highest BCUT2D eigenvalue weighted by atomic mass is 19.4. The summed E-state index contributed by atoms with van der Waals surface area (Å²) < 4.78 is 35.3. The summed E-state index contributed by atoms with van der Waals surface area (Å²) in [7, 11) is 0. The molecule has 0 radical (unpaired) electrons. The predicted octanol–water partition coefficient (Wildman–Crippen LogP) is 1.55. The normalized spacial score (nSPS) is 15.3. The number of carbonyl (C=O) groups is 2. The van der Waals surface area contributed by atoms with E-state index in [0.717, 1.165) is 0 Å². The minimum atomic E-state index is -4.38. The first-order valence-corrected chi connectivity index (χ1v) is 4.72. The van der Waals surface area contributed by atoms with Crippen LogP contribution >= 0.6 is 0 Å². The number of hydrogen-bond donors (Lipinski definition) is 2. The second-order valence-corrected chi connectivity index (χ2v) is 3.60. The van der Waals surface area contributed by atoms with Crippen molar-refractivity contribution in [3.8, 4) is 0 Å². The molecule has 0 aliphatic rings. The van der Waals surface area contributed by atoms with E-state index in [-0.39, 0.29) is 0 Å². The Kier molecular flexibility index (Phi) is 5.26. The number of aliphatic carboxylic acids is 1. The molecule has 4 nitrogen and oxygen atoms in total. The Balaban J connectivity index is 4.01. The number of nitrogens with one attached hydrogen (secondary N) is 1. The van der Waals surface area contributed by atoms with Crippen molar-refractivity contribution in [3.63, 3.8) is 0 Å². The third-order valence-electron chi connectivity index (χ3n) is 2.16. The lowest BCUT2D eigenvalue weighted by atomic mass is 10.0. The quantitative estimate of drug-likeness (QED) is 0.767. The van der Waals surface area contributed by atoms with E-state index in [1.54, 1.807) is 0 Å². The van der Waals surface area contributed by atoms with Gasteiger partial charge in [0.05, 0.1) is 12.3 Å². The van der Waals surface area contributed by atoms with Crippen molar-refractivity contribution in [2.45, 2.75) is 38.9 Å². The standard InChI is InChI=1S/C9H14F3NO3/c1-5(8(15)16)6(2)13-7(14)3-4-9(10,11)12/h5-6H,3-4H2,1-2H3,(H,13,14)(H,15,16). The third kappa shape index (κ3) is 6.26. The average molecular weight is 241 g/mol. The van der Waals surface area contributed by atoms with Crippen LogP contribution in [-0.2, 0) is 9.59 Å². The highest BCUT2D eigenvalue weighted by Gasteiger charge is 2.28. The number of carbonyl (C=O) groups excluding carboxylic acids is 1. The molecule has 7 heteroatoms. The van der Waals surface area contributed by atoms with Gasteiger partial charge in [-0.15, -0.1) is 0 Å². The van der Waals surface area contributed by atoms with Crippen LogP contribution in [0.25, 0.3) is 0 Å². The van der Waals surface area contributed by atoms with Gasteiger partial charge in [-0.05, 0) is 13.8 Å². The van der Waals surface area contributed by atoms with Crippen LogP contribution in [0.15, 0.2) is 0 Å². The van der Waals surface area contributed by atoms with E-state index in [1.807, 2.05) is 0 Å². The van der Waals surface area contributed by atoms with Crippen LogP contribution in [-0.4, -0.2) is 29.2 Å². The molecule has 0 saturated carbocycles. The lowest BCUT2D eigenvalue weighted by molar-refractivity contribution is -0.146. The van der Waals surface area contributed by atoms with Gasteiger partial charge in [-0.25, -0.2) is 0 Å². The Bertz CT molecular complexity index is 265. The van der Waals surface area contributed by atoms with Crippen LogP contribution in [0.1, 0.15) is 26.7 Å². The molecule has 1 amide bonds. The molecule has 0 fully saturated rings. The van der Waals surface area contributed by atoms with Crippen LogP contribution < -0.4 is 5.32 Å². The number of alkyl halides is 3. The van der Waals surface area contributed by atoms with Gasteiger partial charge < -0.3 is 10.4 Å². The Hall–Kier alpha value is -1.27. The SMILES string of the molecule is CC(NC(=O)CCC(F)(F)F)C(C)C(=O)O. The Morgan fingerprint density at radius 3 is 2.19 bits per heavy atom. The fourth-order valence-corrected chi connectivity index (χ4v) is 0.920. The molecule has 2 atom stereocenters. The molecule has 94 valence electrons. The molecule has 16 heavy (non-hydrogen) atoms. The van der Waals surface area contributed by atoms with Crippen molar-refractivity contribution in [3.05, 3.63) is 0 Å². The highest BCUT2D eigenvalue weighted by Crippen LogP contribution is 2.21. The summed E-state index contributed by atoms with van der Waals surface area (Å²) in [4.78, 5) is 21.5. The molecule has 0 saturated heterocycles. The predicted molar refractivity (Wildman–Crippen MR) is 49.7 cm³/mol. The summed E-state index contributed by atoms with van der Waals surface area (Å²) in [5.74, 6) is -2.74. The fourth-order valence-electron chi connectivity index (χ4n) is 0.920. The molecule has 0 aromatic heterocycles. The number of halogens is 3. The van der Waals surface area contributed by atoms with Crippen LogP contribution in [0.5, 0.6) is 0 Å². The second-order valence-electron chi connectivity index (χ2n) is 3.60. The molecule has 0 heterocycles. The van der Waals surface area contributed by atoms with Crippen LogP contribution in [0, 0.1) is 5.92 Å². The molecule has 0 aliphatic carbocycles. The zero-order chi connectivity index (χ0) is 12.9. The van der Waals surface area contributed by atoms with Gasteiger partial charge >= 0.3 is 12.1 Å². The monoisotopic (exact) mass is 241 g/mol. The first kappa shape index (κ1) is 14.7. The summed E-state index contributed by atoms with van der Waals surface area (Å²) >= 11 is 0. The van der Waals surface area contributed by atoms with Gasteiger partial charge in [-0.1, -0.05) is 0 Å². The van der Waals surface area contributed by atoms with E-state index in [4.69, 9.17) is 5.11 Å². The summed E-state index contributed by atoms with van der Waals surface area (Å²) in [6, 6.07) is -0.696. The summed E-state index contributed by atoms with van der Waals surface area (Å²) in [6.07, 6.45) is -6.26. The average Bonchev–Trinajstić information content (AvgIpc) is 2.12.